The highest BCUT2D eigenvalue weighted by Crippen LogP contribution is 2.26. The molecule has 122 valence electrons. The third-order valence-electron chi connectivity index (χ3n) is 3.07. The molecule has 3 rings (SSSR count). The predicted octanol–water partition coefficient (Wildman–Crippen LogP) is 2.88. The van der Waals surface area contributed by atoms with E-state index >= 15 is 0 Å². The molecule has 0 radical (unpaired) electrons. The van der Waals surface area contributed by atoms with Gasteiger partial charge in [0.15, 0.2) is 0 Å². The molecule has 0 atom stereocenters. The van der Waals surface area contributed by atoms with Gasteiger partial charge in [-0.2, -0.15) is 0 Å². The number of rotatable bonds is 5. The Hall–Kier alpha value is -3.00. The largest absolute Gasteiger partial charge is 0.486 e. The molecule has 1 aromatic heterocycles. The fraction of sp³-hybridized carbons (Fsp3) is 0.0625. The number of carbonyl (C=O) groups excluding carboxylic acids is 2. The van der Waals surface area contributed by atoms with Gasteiger partial charge in [0, 0.05) is 0 Å². The third kappa shape index (κ3) is 3.66. The van der Waals surface area contributed by atoms with Crippen LogP contribution >= 0.6 is 11.8 Å². The summed E-state index contributed by atoms with van der Waals surface area (Å²) in [6.45, 7) is 0.0977. The number of furan rings is 1. The van der Waals surface area contributed by atoms with Crippen LogP contribution in [0.1, 0.15) is 21.9 Å². The molecule has 1 aromatic carbocycles. The second-order valence-electron chi connectivity index (χ2n) is 4.78. The van der Waals surface area contributed by atoms with Gasteiger partial charge < -0.3 is 14.3 Å². The smallest absolute Gasteiger partial charge is 0.371 e. The molecule has 2 heterocycles. The zero-order valence-corrected chi connectivity index (χ0v) is 13.0. The summed E-state index contributed by atoms with van der Waals surface area (Å²) in [5.74, 6) is -0.720. The fourth-order valence-corrected chi connectivity index (χ4v) is 2.64. The molecule has 1 aliphatic rings. The van der Waals surface area contributed by atoms with Gasteiger partial charge in [-0.1, -0.05) is 12.1 Å². The minimum absolute atomic E-state index is 0.0977. The van der Waals surface area contributed by atoms with Crippen molar-refractivity contribution in [3.8, 4) is 5.75 Å². The molecule has 0 aliphatic carbocycles. The Bertz CT molecular complexity index is 837. The second kappa shape index (κ2) is 6.63. The number of hydrogen-bond acceptors (Lipinski definition) is 6. The summed E-state index contributed by atoms with van der Waals surface area (Å²) in [6, 6.07) is 9.78. The van der Waals surface area contributed by atoms with Crippen molar-refractivity contribution in [1.29, 1.82) is 0 Å². The highest BCUT2D eigenvalue weighted by atomic mass is 32.2. The van der Waals surface area contributed by atoms with Crippen molar-refractivity contribution in [1.82, 2.24) is 5.32 Å². The molecule has 1 fully saturated rings. The summed E-state index contributed by atoms with van der Waals surface area (Å²) >= 11 is 0.855. The van der Waals surface area contributed by atoms with E-state index in [-0.39, 0.29) is 17.6 Å². The maximum atomic E-state index is 11.5. The number of aromatic carboxylic acids is 1. The second-order valence-corrected chi connectivity index (χ2v) is 5.80. The van der Waals surface area contributed by atoms with Gasteiger partial charge in [-0.15, -0.1) is 0 Å². The lowest BCUT2D eigenvalue weighted by Crippen LogP contribution is -2.17. The van der Waals surface area contributed by atoms with E-state index in [1.54, 1.807) is 30.3 Å². The van der Waals surface area contributed by atoms with Crippen molar-refractivity contribution in [2.45, 2.75) is 6.61 Å². The molecule has 7 nitrogen and oxygen atoms in total. The number of carbonyl (C=O) groups is 3. The Morgan fingerprint density at radius 3 is 2.54 bits per heavy atom. The van der Waals surface area contributed by atoms with Crippen molar-refractivity contribution in [2.75, 3.05) is 0 Å². The van der Waals surface area contributed by atoms with Crippen LogP contribution in [0.3, 0.4) is 0 Å². The summed E-state index contributed by atoms with van der Waals surface area (Å²) in [7, 11) is 0. The fourth-order valence-electron chi connectivity index (χ4n) is 1.96. The number of benzene rings is 1. The zero-order valence-electron chi connectivity index (χ0n) is 12.1. The maximum absolute atomic E-state index is 11.5. The first-order chi connectivity index (χ1) is 11.5. The molecule has 0 bridgehead atoms. The molecular formula is C16H11NO6S. The van der Waals surface area contributed by atoms with E-state index in [0.717, 1.165) is 17.3 Å². The van der Waals surface area contributed by atoms with E-state index in [1.165, 1.54) is 12.1 Å². The lowest BCUT2D eigenvalue weighted by atomic mass is 10.2. The van der Waals surface area contributed by atoms with E-state index in [9.17, 15) is 14.4 Å². The first-order valence-electron chi connectivity index (χ1n) is 6.81. The van der Waals surface area contributed by atoms with Crippen molar-refractivity contribution >= 4 is 35.0 Å². The van der Waals surface area contributed by atoms with Gasteiger partial charge in [-0.05, 0) is 47.7 Å². The number of thioether (sulfide) groups is 1. The van der Waals surface area contributed by atoms with Crippen LogP contribution in [0.4, 0.5) is 4.79 Å². The number of nitrogens with one attached hydrogen (secondary N) is 1. The molecule has 8 heteroatoms. The van der Waals surface area contributed by atoms with Crippen LogP contribution in [0.25, 0.3) is 6.08 Å². The third-order valence-corrected chi connectivity index (χ3v) is 3.88. The van der Waals surface area contributed by atoms with E-state index in [1.807, 2.05) is 0 Å². The molecule has 0 spiro atoms. The van der Waals surface area contributed by atoms with Gasteiger partial charge >= 0.3 is 5.97 Å². The lowest BCUT2D eigenvalue weighted by Gasteiger charge is -2.04. The van der Waals surface area contributed by atoms with Gasteiger partial charge in [0.25, 0.3) is 11.1 Å². The minimum atomic E-state index is -1.13. The number of amides is 2. The monoisotopic (exact) mass is 345 g/mol. The zero-order chi connectivity index (χ0) is 17.1. The summed E-state index contributed by atoms with van der Waals surface area (Å²) < 4.78 is 10.6. The molecule has 24 heavy (non-hydrogen) atoms. The van der Waals surface area contributed by atoms with Crippen LogP contribution < -0.4 is 10.1 Å². The number of ether oxygens (including phenoxy) is 1. The average Bonchev–Trinajstić information content (AvgIpc) is 3.14. The van der Waals surface area contributed by atoms with E-state index in [2.05, 4.69) is 5.32 Å². The van der Waals surface area contributed by atoms with E-state index in [0.29, 0.717) is 16.4 Å². The minimum Gasteiger partial charge on any atom is -0.486 e. The number of hydrogen-bond donors (Lipinski definition) is 2. The van der Waals surface area contributed by atoms with E-state index in [4.69, 9.17) is 14.3 Å². The predicted molar refractivity (Wildman–Crippen MR) is 85.5 cm³/mol. The molecule has 1 aliphatic heterocycles. The quantitative estimate of drug-likeness (QED) is 0.803. The summed E-state index contributed by atoms with van der Waals surface area (Å²) in [5.41, 5.74) is 0.751. The highest BCUT2D eigenvalue weighted by molar-refractivity contribution is 8.18. The topological polar surface area (TPSA) is 106 Å². The van der Waals surface area contributed by atoms with Gasteiger partial charge in [-0.25, -0.2) is 4.79 Å². The normalized spacial score (nSPS) is 15.6. The van der Waals surface area contributed by atoms with Crippen LogP contribution in [-0.4, -0.2) is 22.2 Å². The Kier molecular flexibility index (Phi) is 4.39. The summed E-state index contributed by atoms with van der Waals surface area (Å²) in [6.07, 6.45) is 1.61. The molecule has 0 saturated carbocycles. The van der Waals surface area contributed by atoms with Gasteiger partial charge in [0.05, 0.1) is 4.91 Å². The van der Waals surface area contributed by atoms with Crippen molar-refractivity contribution in [3.05, 3.63) is 58.4 Å². The number of carboxylic acids is 1. The standard InChI is InChI=1S/C16H11NO6S/c18-14-13(24-16(21)17-14)7-9-1-3-10(4-2-9)22-8-11-5-6-12(23-11)15(19)20/h1-7H,8H2,(H,19,20)(H,17,18,21)/b13-7+. The summed E-state index contributed by atoms with van der Waals surface area (Å²) in [5, 5.41) is 10.6. The molecule has 0 unspecified atom stereocenters. The Balaban J connectivity index is 1.62. The van der Waals surface area contributed by atoms with Gasteiger partial charge in [-0.3, -0.25) is 14.9 Å². The van der Waals surface area contributed by atoms with Crippen LogP contribution in [0, 0.1) is 0 Å². The highest BCUT2D eigenvalue weighted by Gasteiger charge is 2.24. The molecular weight excluding hydrogens is 334 g/mol. The van der Waals surface area contributed by atoms with Crippen LogP contribution in [0.15, 0.2) is 45.7 Å². The molecule has 2 N–H and O–H groups in total. The van der Waals surface area contributed by atoms with Crippen molar-refractivity contribution in [2.24, 2.45) is 0 Å². The first kappa shape index (κ1) is 15.9. The Labute approximate surface area is 140 Å². The van der Waals surface area contributed by atoms with Crippen molar-refractivity contribution < 1.29 is 28.6 Å². The molecule has 1 saturated heterocycles. The van der Waals surface area contributed by atoms with Gasteiger partial charge in [0.1, 0.15) is 18.1 Å². The van der Waals surface area contributed by atoms with Crippen LogP contribution in [-0.2, 0) is 11.4 Å². The van der Waals surface area contributed by atoms with E-state index < -0.39 is 11.9 Å². The maximum Gasteiger partial charge on any atom is 0.371 e. The Morgan fingerprint density at radius 1 is 1.21 bits per heavy atom. The van der Waals surface area contributed by atoms with Gasteiger partial charge in [0.2, 0.25) is 5.76 Å². The molecule has 2 aromatic rings. The lowest BCUT2D eigenvalue weighted by molar-refractivity contribution is -0.115. The number of imide groups is 1. The first-order valence-corrected chi connectivity index (χ1v) is 7.62. The number of carboxylic acid groups (broad SMARTS) is 1. The van der Waals surface area contributed by atoms with Crippen LogP contribution in [0.5, 0.6) is 5.75 Å². The summed E-state index contributed by atoms with van der Waals surface area (Å²) in [4.78, 5) is 33.6. The Morgan fingerprint density at radius 2 is 1.96 bits per heavy atom. The average molecular weight is 345 g/mol. The SMILES string of the molecule is O=C1NC(=O)/C(=C\c2ccc(OCc3ccc(C(=O)O)o3)cc2)S1. The van der Waals surface area contributed by atoms with Crippen molar-refractivity contribution in [3.63, 3.8) is 0 Å². The van der Waals surface area contributed by atoms with Crippen LogP contribution in [0.2, 0.25) is 0 Å². The molecule has 2 amide bonds.